The van der Waals surface area contributed by atoms with E-state index in [1.54, 1.807) is 42.3 Å². The van der Waals surface area contributed by atoms with E-state index in [0.29, 0.717) is 55.9 Å². The van der Waals surface area contributed by atoms with Gasteiger partial charge in [0.15, 0.2) is 11.6 Å². The molecule has 1 unspecified atom stereocenters. The first-order valence-corrected chi connectivity index (χ1v) is 12.7. The van der Waals surface area contributed by atoms with Crippen LogP contribution in [-0.4, -0.2) is 61.9 Å². The number of hydrazine groups is 1. The molecule has 0 aliphatic carbocycles. The van der Waals surface area contributed by atoms with Crippen molar-refractivity contribution < 1.29 is 22.3 Å². The lowest BCUT2D eigenvalue weighted by molar-refractivity contribution is -0.137. The van der Waals surface area contributed by atoms with Crippen molar-refractivity contribution in [1.29, 1.82) is 0 Å². The Labute approximate surface area is 223 Å². The molecule has 0 bridgehead atoms. The molecule has 13 heteroatoms. The number of ether oxygens (including phenoxy) is 1. The first kappa shape index (κ1) is 26.9. The SMILES string of the molecule is CN(C)c1cc(Nc2ccc(C3CCCN(c4ncc(F)c(N5CCOCC5)n4)N3)nc2)cc(C(F)(F)F)c1. The molecule has 1 aromatic carbocycles. The topological polar surface area (TPSA) is 81.7 Å². The second-order valence-corrected chi connectivity index (χ2v) is 9.67. The minimum absolute atomic E-state index is 0.137. The zero-order valence-corrected chi connectivity index (χ0v) is 21.7. The van der Waals surface area contributed by atoms with E-state index in [1.807, 2.05) is 11.0 Å². The normalized spacial score (nSPS) is 18.3. The van der Waals surface area contributed by atoms with Gasteiger partial charge in [-0.1, -0.05) is 0 Å². The molecule has 2 aromatic heterocycles. The molecule has 5 rings (SSSR count). The van der Waals surface area contributed by atoms with Crippen molar-refractivity contribution >= 4 is 28.8 Å². The van der Waals surface area contributed by atoms with Gasteiger partial charge in [0.2, 0.25) is 5.95 Å². The van der Waals surface area contributed by atoms with Crippen molar-refractivity contribution in [2.45, 2.75) is 25.1 Å². The lowest BCUT2D eigenvalue weighted by Gasteiger charge is -2.34. The first-order chi connectivity index (χ1) is 18.7. The zero-order chi connectivity index (χ0) is 27.6. The quantitative estimate of drug-likeness (QED) is 0.434. The summed E-state index contributed by atoms with van der Waals surface area (Å²) in [5.41, 5.74) is 4.72. The van der Waals surface area contributed by atoms with Gasteiger partial charge in [0.25, 0.3) is 0 Å². The van der Waals surface area contributed by atoms with Crippen LogP contribution in [0.15, 0.2) is 42.7 Å². The van der Waals surface area contributed by atoms with Gasteiger partial charge in [-0.2, -0.15) is 18.2 Å². The summed E-state index contributed by atoms with van der Waals surface area (Å²) < 4.78 is 60.0. The Kier molecular flexibility index (Phi) is 7.71. The maximum absolute atomic E-state index is 14.5. The molecule has 39 heavy (non-hydrogen) atoms. The van der Waals surface area contributed by atoms with Gasteiger partial charge in [0.1, 0.15) is 0 Å². The first-order valence-electron chi connectivity index (χ1n) is 12.7. The van der Waals surface area contributed by atoms with Crippen LogP contribution in [0.2, 0.25) is 0 Å². The number of hydrogen-bond donors (Lipinski definition) is 2. The third-order valence-electron chi connectivity index (χ3n) is 6.64. The predicted molar refractivity (Wildman–Crippen MR) is 141 cm³/mol. The van der Waals surface area contributed by atoms with Gasteiger partial charge in [-0.25, -0.2) is 14.8 Å². The highest BCUT2D eigenvalue weighted by molar-refractivity contribution is 5.66. The maximum atomic E-state index is 14.5. The molecule has 2 N–H and O–H groups in total. The average molecular weight is 547 g/mol. The van der Waals surface area contributed by atoms with Crippen LogP contribution >= 0.6 is 0 Å². The molecule has 1 atom stereocenters. The second-order valence-electron chi connectivity index (χ2n) is 9.67. The third kappa shape index (κ3) is 6.31. The third-order valence-corrected chi connectivity index (χ3v) is 6.64. The van der Waals surface area contributed by atoms with E-state index in [0.717, 1.165) is 30.7 Å². The number of benzene rings is 1. The standard InChI is InChI=1S/C26H30F4N8O/c1-36(2)20-13-17(26(28,29)30)12-19(14-20)33-18-5-6-22(31-15-18)23-4-3-7-38(35-23)25-32-16-21(27)24(34-25)37-8-10-39-11-9-37/h5-6,12-16,23,33,35H,3-4,7-11H2,1-2H3. The summed E-state index contributed by atoms with van der Waals surface area (Å²) in [6.45, 7) is 2.80. The highest BCUT2D eigenvalue weighted by Crippen LogP contribution is 2.35. The van der Waals surface area contributed by atoms with Gasteiger partial charge < -0.3 is 19.9 Å². The number of alkyl halides is 3. The van der Waals surface area contributed by atoms with Crippen LogP contribution in [0.25, 0.3) is 0 Å². The molecule has 208 valence electrons. The van der Waals surface area contributed by atoms with Crippen LogP contribution in [-0.2, 0) is 10.9 Å². The molecule has 0 radical (unpaired) electrons. The van der Waals surface area contributed by atoms with Crippen molar-refractivity contribution in [2.24, 2.45) is 0 Å². The van der Waals surface area contributed by atoms with Crippen LogP contribution in [0.3, 0.4) is 0 Å². The van der Waals surface area contributed by atoms with E-state index < -0.39 is 17.6 Å². The van der Waals surface area contributed by atoms with Crippen molar-refractivity contribution in [3.05, 3.63) is 59.8 Å². The van der Waals surface area contributed by atoms with E-state index in [9.17, 15) is 17.6 Å². The molecule has 9 nitrogen and oxygen atoms in total. The number of anilines is 5. The Morgan fingerprint density at radius 3 is 2.51 bits per heavy atom. The Morgan fingerprint density at radius 1 is 1.03 bits per heavy atom. The monoisotopic (exact) mass is 546 g/mol. The lowest BCUT2D eigenvalue weighted by Crippen LogP contribution is -2.46. The van der Waals surface area contributed by atoms with Gasteiger partial charge in [-0.3, -0.25) is 9.99 Å². The molecule has 3 aromatic rings. The number of nitrogens with one attached hydrogen (secondary N) is 2. The molecule has 0 spiro atoms. The Hall–Kier alpha value is -3.71. The van der Waals surface area contributed by atoms with Crippen LogP contribution in [0.4, 0.5) is 46.4 Å². The minimum atomic E-state index is -4.46. The highest BCUT2D eigenvalue weighted by Gasteiger charge is 2.31. The fraction of sp³-hybridized carbons (Fsp3) is 0.423. The van der Waals surface area contributed by atoms with Crippen LogP contribution in [0.5, 0.6) is 0 Å². The molecule has 2 saturated heterocycles. The summed E-state index contributed by atoms with van der Waals surface area (Å²) in [5.74, 6) is 0.160. The minimum Gasteiger partial charge on any atom is -0.378 e. The fourth-order valence-corrected chi connectivity index (χ4v) is 4.58. The Balaban J connectivity index is 1.29. The molecule has 2 aliphatic rings. The average Bonchev–Trinajstić information content (AvgIpc) is 2.93. The van der Waals surface area contributed by atoms with E-state index in [-0.39, 0.29) is 11.9 Å². The summed E-state index contributed by atoms with van der Waals surface area (Å²) in [4.78, 5) is 16.7. The number of pyridine rings is 1. The van der Waals surface area contributed by atoms with E-state index in [2.05, 4.69) is 25.7 Å². The van der Waals surface area contributed by atoms with E-state index >= 15 is 0 Å². The molecular formula is C26H30F4N8O. The smallest absolute Gasteiger partial charge is 0.378 e. The van der Waals surface area contributed by atoms with Gasteiger partial charge in [-0.05, 0) is 43.2 Å². The van der Waals surface area contributed by atoms with Crippen molar-refractivity contribution in [3.63, 3.8) is 0 Å². The summed E-state index contributed by atoms with van der Waals surface area (Å²) in [6, 6.07) is 7.31. The van der Waals surface area contributed by atoms with Crippen LogP contribution in [0.1, 0.15) is 30.1 Å². The lowest BCUT2D eigenvalue weighted by atomic mass is 10.1. The molecule has 4 heterocycles. The number of halogens is 4. The summed E-state index contributed by atoms with van der Waals surface area (Å²) in [5, 5.41) is 4.83. The van der Waals surface area contributed by atoms with E-state index in [1.165, 1.54) is 6.20 Å². The van der Waals surface area contributed by atoms with Crippen molar-refractivity contribution in [1.82, 2.24) is 20.4 Å². The van der Waals surface area contributed by atoms with E-state index in [4.69, 9.17) is 4.74 Å². The zero-order valence-electron chi connectivity index (χ0n) is 21.7. The molecular weight excluding hydrogens is 516 g/mol. The van der Waals surface area contributed by atoms with Crippen LogP contribution < -0.4 is 25.6 Å². The molecule has 2 aliphatic heterocycles. The molecule has 0 amide bonds. The largest absolute Gasteiger partial charge is 0.416 e. The Bertz CT molecular complexity index is 1280. The summed E-state index contributed by atoms with van der Waals surface area (Å²) >= 11 is 0. The number of aromatic nitrogens is 3. The summed E-state index contributed by atoms with van der Waals surface area (Å²) in [6.07, 6.45) is -0.0263. The predicted octanol–water partition coefficient (Wildman–Crippen LogP) is 4.52. The van der Waals surface area contributed by atoms with Gasteiger partial charge in [0.05, 0.1) is 48.6 Å². The van der Waals surface area contributed by atoms with Gasteiger partial charge in [0, 0.05) is 45.1 Å². The fourth-order valence-electron chi connectivity index (χ4n) is 4.58. The van der Waals surface area contributed by atoms with Crippen molar-refractivity contribution in [2.75, 3.05) is 67.1 Å². The van der Waals surface area contributed by atoms with Crippen molar-refractivity contribution in [3.8, 4) is 0 Å². The number of morpholine rings is 1. The number of rotatable bonds is 6. The summed E-state index contributed by atoms with van der Waals surface area (Å²) in [7, 11) is 3.38. The van der Waals surface area contributed by atoms with Gasteiger partial charge >= 0.3 is 6.18 Å². The highest BCUT2D eigenvalue weighted by atomic mass is 19.4. The molecule has 0 saturated carbocycles. The number of nitrogens with zero attached hydrogens (tertiary/aromatic N) is 6. The Morgan fingerprint density at radius 2 is 1.82 bits per heavy atom. The second kappa shape index (κ2) is 11.2. The van der Waals surface area contributed by atoms with Gasteiger partial charge in [-0.15, -0.1) is 0 Å². The molecule has 2 fully saturated rings. The maximum Gasteiger partial charge on any atom is 0.416 e. The number of hydrogen-bond acceptors (Lipinski definition) is 9. The van der Waals surface area contributed by atoms with Crippen LogP contribution in [0, 0.1) is 5.82 Å².